The van der Waals surface area contributed by atoms with Crippen molar-refractivity contribution in [3.63, 3.8) is 0 Å². The number of carbonyl (C=O) groups excluding carboxylic acids is 2. The van der Waals surface area contributed by atoms with E-state index in [-0.39, 0.29) is 17.7 Å². The quantitative estimate of drug-likeness (QED) is 0.682. The van der Waals surface area contributed by atoms with Crippen LogP contribution < -0.4 is 5.32 Å². The normalized spacial score (nSPS) is 16.8. The minimum atomic E-state index is -0.815. The molecule has 148 valence electrons. The Morgan fingerprint density at radius 1 is 1.25 bits per heavy atom. The lowest BCUT2D eigenvalue weighted by Crippen LogP contribution is -2.41. The number of unbranched alkanes of at least 4 members (excludes halogenated alkanes) is 1. The Kier molecular flexibility index (Phi) is 6.35. The van der Waals surface area contributed by atoms with Gasteiger partial charge >= 0.3 is 0 Å². The van der Waals surface area contributed by atoms with Crippen molar-refractivity contribution in [2.24, 2.45) is 0 Å². The summed E-state index contributed by atoms with van der Waals surface area (Å²) in [5.74, 6) is -0.974. The molecule has 2 aromatic carbocycles. The maximum atomic E-state index is 13.9. The predicted octanol–water partition coefficient (Wildman–Crippen LogP) is 4.70. The first kappa shape index (κ1) is 20.3. The highest BCUT2D eigenvalue weighted by Crippen LogP contribution is 2.36. The molecule has 0 aliphatic carbocycles. The van der Waals surface area contributed by atoms with Gasteiger partial charge in [0, 0.05) is 23.7 Å². The van der Waals surface area contributed by atoms with Crippen molar-refractivity contribution < 1.29 is 14.0 Å². The number of amides is 2. The highest BCUT2D eigenvalue weighted by molar-refractivity contribution is 6.30. The van der Waals surface area contributed by atoms with Crippen molar-refractivity contribution in [2.75, 3.05) is 13.1 Å². The van der Waals surface area contributed by atoms with E-state index in [9.17, 15) is 14.0 Å². The second kappa shape index (κ2) is 8.74. The molecular formula is C22H24ClFN2O2. The van der Waals surface area contributed by atoms with E-state index in [4.69, 9.17) is 11.6 Å². The number of nitrogens with zero attached hydrogens (tertiary/aromatic N) is 1. The molecule has 1 aliphatic heterocycles. The van der Waals surface area contributed by atoms with Crippen LogP contribution in [0.3, 0.4) is 0 Å². The molecule has 4 nitrogen and oxygen atoms in total. The first-order valence-electron chi connectivity index (χ1n) is 9.56. The molecule has 2 amide bonds. The van der Waals surface area contributed by atoms with Crippen LogP contribution >= 0.6 is 11.6 Å². The predicted molar refractivity (Wildman–Crippen MR) is 108 cm³/mol. The third kappa shape index (κ3) is 4.20. The molecule has 6 heteroatoms. The van der Waals surface area contributed by atoms with Crippen LogP contribution in [0.1, 0.15) is 60.1 Å². The van der Waals surface area contributed by atoms with E-state index in [0.717, 1.165) is 18.4 Å². The minimum absolute atomic E-state index is 0.00804. The van der Waals surface area contributed by atoms with Gasteiger partial charge in [0.1, 0.15) is 11.9 Å². The van der Waals surface area contributed by atoms with Crippen LogP contribution in [0.2, 0.25) is 5.02 Å². The molecule has 0 fully saturated rings. The van der Waals surface area contributed by atoms with Gasteiger partial charge in [-0.05, 0) is 53.8 Å². The van der Waals surface area contributed by atoms with Crippen molar-refractivity contribution in [3.05, 3.63) is 70.0 Å². The molecule has 0 unspecified atom stereocenters. The van der Waals surface area contributed by atoms with E-state index < -0.39 is 11.9 Å². The molecule has 0 bridgehead atoms. The molecule has 0 aromatic heterocycles. The summed E-state index contributed by atoms with van der Waals surface area (Å²) in [6.07, 6.45) is 1.80. The number of rotatable bonds is 7. The van der Waals surface area contributed by atoms with Crippen molar-refractivity contribution >= 4 is 23.4 Å². The molecule has 3 rings (SSSR count). The number of fused-ring (bicyclic) bond motifs is 1. The van der Waals surface area contributed by atoms with Gasteiger partial charge in [0.2, 0.25) is 5.91 Å². The van der Waals surface area contributed by atoms with Gasteiger partial charge in [0.15, 0.2) is 0 Å². The van der Waals surface area contributed by atoms with E-state index in [1.807, 2.05) is 26.0 Å². The summed E-state index contributed by atoms with van der Waals surface area (Å²) < 4.78 is 13.9. The Labute approximate surface area is 169 Å². The summed E-state index contributed by atoms with van der Waals surface area (Å²) in [7, 11) is 0. The Bertz CT molecular complexity index is 869. The fourth-order valence-corrected chi connectivity index (χ4v) is 3.67. The highest BCUT2D eigenvalue weighted by atomic mass is 35.5. The Morgan fingerprint density at radius 2 is 1.96 bits per heavy atom. The number of nitrogens with one attached hydrogen (secondary N) is 1. The van der Waals surface area contributed by atoms with Gasteiger partial charge in [0.25, 0.3) is 5.91 Å². The third-order valence-corrected chi connectivity index (χ3v) is 5.35. The molecule has 0 saturated carbocycles. The molecule has 1 N–H and O–H groups in total. The van der Waals surface area contributed by atoms with Crippen LogP contribution in [0.15, 0.2) is 42.5 Å². The molecule has 2 aromatic rings. The second-order valence-corrected chi connectivity index (χ2v) is 7.63. The molecular weight excluding hydrogens is 379 g/mol. The van der Waals surface area contributed by atoms with Crippen molar-refractivity contribution in [1.82, 2.24) is 10.2 Å². The van der Waals surface area contributed by atoms with E-state index in [1.54, 1.807) is 17.0 Å². The van der Waals surface area contributed by atoms with E-state index >= 15 is 0 Å². The Hall–Kier alpha value is -2.40. The molecule has 2 atom stereocenters. The van der Waals surface area contributed by atoms with Crippen LogP contribution in [0, 0.1) is 5.82 Å². The number of hydrogen-bond donors (Lipinski definition) is 1. The fourth-order valence-electron chi connectivity index (χ4n) is 3.54. The SMILES string of the molecule is CCCCNC(=O)[C@H]1c2cc(F)ccc2C(=O)N1C[C@@H](C)c1ccc(Cl)cc1. The number of halogens is 2. The van der Waals surface area contributed by atoms with Gasteiger partial charge in [-0.3, -0.25) is 9.59 Å². The smallest absolute Gasteiger partial charge is 0.255 e. The van der Waals surface area contributed by atoms with Crippen LogP contribution in [0.5, 0.6) is 0 Å². The van der Waals surface area contributed by atoms with Gasteiger partial charge in [-0.1, -0.05) is 44.0 Å². The largest absolute Gasteiger partial charge is 0.354 e. The minimum Gasteiger partial charge on any atom is -0.354 e. The average Bonchev–Trinajstić information content (AvgIpc) is 2.93. The summed E-state index contributed by atoms with van der Waals surface area (Å²) in [6, 6.07) is 10.6. The highest BCUT2D eigenvalue weighted by Gasteiger charge is 2.41. The maximum Gasteiger partial charge on any atom is 0.255 e. The lowest BCUT2D eigenvalue weighted by atomic mass is 9.99. The van der Waals surface area contributed by atoms with Crippen LogP contribution in [0.25, 0.3) is 0 Å². The van der Waals surface area contributed by atoms with Crippen LogP contribution in [0.4, 0.5) is 4.39 Å². The zero-order valence-electron chi connectivity index (χ0n) is 16.0. The van der Waals surface area contributed by atoms with Crippen LogP contribution in [-0.2, 0) is 4.79 Å². The zero-order chi connectivity index (χ0) is 20.3. The number of carbonyl (C=O) groups is 2. The summed E-state index contributed by atoms with van der Waals surface area (Å²) in [4.78, 5) is 27.4. The van der Waals surface area contributed by atoms with Crippen molar-refractivity contribution in [1.29, 1.82) is 0 Å². The van der Waals surface area contributed by atoms with Crippen LogP contribution in [-0.4, -0.2) is 29.8 Å². The van der Waals surface area contributed by atoms with Crippen molar-refractivity contribution in [3.8, 4) is 0 Å². The van der Waals surface area contributed by atoms with E-state index in [1.165, 1.54) is 18.2 Å². The maximum absolute atomic E-state index is 13.9. The van der Waals surface area contributed by atoms with Gasteiger partial charge < -0.3 is 10.2 Å². The summed E-state index contributed by atoms with van der Waals surface area (Å²) in [5, 5.41) is 3.53. The Balaban J connectivity index is 1.87. The summed E-state index contributed by atoms with van der Waals surface area (Å²) in [5.41, 5.74) is 1.84. The van der Waals surface area contributed by atoms with Gasteiger partial charge in [0.05, 0.1) is 0 Å². The third-order valence-electron chi connectivity index (χ3n) is 5.10. The van der Waals surface area contributed by atoms with Gasteiger partial charge in [-0.15, -0.1) is 0 Å². The standard InChI is InChI=1S/C22H24ClFN2O2/c1-3-4-11-25-21(27)20-19-12-17(24)9-10-18(19)22(28)26(20)13-14(2)15-5-7-16(23)8-6-15/h5-10,12,14,20H,3-4,11,13H2,1-2H3,(H,25,27)/t14-,20-/m1/s1. The molecule has 1 heterocycles. The number of benzene rings is 2. The van der Waals surface area contributed by atoms with Gasteiger partial charge in [-0.25, -0.2) is 4.39 Å². The lowest BCUT2D eigenvalue weighted by Gasteiger charge is -2.27. The number of hydrogen-bond acceptors (Lipinski definition) is 2. The molecule has 0 radical (unpaired) electrons. The van der Waals surface area contributed by atoms with E-state index in [2.05, 4.69) is 5.32 Å². The fraction of sp³-hybridized carbons (Fsp3) is 0.364. The second-order valence-electron chi connectivity index (χ2n) is 7.19. The first-order chi connectivity index (χ1) is 13.4. The molecule has 1 aliphatic rings. The topological polar surface area (TPSA) is 49.4 Å². The molecule has 0 saturated heterocycles. The van der Waals surface area contributed by atoms with E-state index in [0.29, 0.717) is 29.2 Å². The molecule has 0 spiro atoms. The summed E-state index contributed by atoms with van der Waals surface area (Å²) in [6.45, 7) is 4.91. The average molecular weight is 403 g/mol. The van der Waals surface area contributed by atoms with Crippen molar-refractivity contribution in [2.45, 2.75) is 38.6 Å². The zero-order valence-corrected chi connectivity index (χ0v) is 16.8. The monoisotopic (exact) mass is 402 g/mol. The van der Waals surface area contributed by atoms with Gasteiger partial charge in [-0.2, -0.15) is 0 Å². The summed E-state index contributed by atoms with van der Waals surface area (Å²) >= 11 is 5.96. The lowest BCUT2D eigenvalue weighted by molar-refractivity contribution is -0.125. The Morgan fingerprint density at radius 3 is 2.64 bits per heavy atom. The first-order valence-corrected chi connectivity index (χ1v) is 9.93. The molecule has 28 heavy (non-hydrogen) atoms.